The summed E-state index contributed by atoms with van der Waals surface area (Å²) in [5.74, 6) is -2.29. The molecule has 4 atom stereocenters. The molecule has 30 heavy (non-hydrogen) atoms. The van der Waals surface area contributed by atoms with E-state index in [1.807, 2.05) is 65.6 Å². The van der Waals surface area contributed by atoms with Crippen LogP contribution in [0.5, 0.6) is 0 Å². The molecule has 154 valence electrons. The summed E-state index contributed by atoms with van der Waals surface area (Å²) in [7, 11) is 0. The minimum absolute atomic E-state index is 0.434. The maximum absolute atomic E-state index is 13.9. The van der Waals surface area contributed by atoms with Crippen LogP contribution < -0.4 is 11.2 Å². The van der Waals surface area contributed by atoms with E-state index in [-0.39, 0.29) is 0 Å². The molecular formula is C22H19FN2O5. The Bertz CT molecular complexity index is 1140. The monoisotopic (exact) mass is 410 g/mol. The predicted molar refractivity (Wildman–Crippen MR) is 104 cm³/mol. The molecule has 3 heterocycles. The van der Waals surface area contributed by atoms with Gasteiger partial charge in [-0.2, -0.15) is 4.39 Å². The summed E-state index contributed by atoms with van der Waals surface area (Å²) in [5, 5.41) is 0. The van der Waals surface area contributed by atoms with Crippen molar-refractivity contribution >= 4 is 0 Å². The quantitative estimate of drug-likeness (QED) is 0.716. The van der Waals surface area contributed by atoms with Crippen molar-refractivity contribution < 1.29 is 18.6 Å². The second kappa shape index (κ2) is 7.02. The summed E-state index contributed by atoms with van der Waals surface area (Å²) in [4.78, 5) is 25.7. The summed E-state index contributed by atoms with van der Waals surface area (Å²) < 4.78 is 33.8. The maximum atomic E-state index is 13.9. The average molecular weight is 410 g/mol. The molecule has 0 bridgehead atoms. The van der Waals surface area contributed by atoms with Gasteiger partial charge in [-0.15, -0.1) is 0 Å². The third-order valence-corrected chi connectivity index (χ3v) is 5.53. The number of aromatic nitrogens is 2. The van der Waals surface area contributed by atoms with Crippen LogP contribution in [0.25, 0.3) is 0 Å². The number of H-pyrrole nitrogens is 1. The highest BCUT2D eigenvalue weighted by Gasteiger charge is 2.59. The predicted octanol–water partition coefficient (Wildman–Crippen LogP) is 2.28. The Morgan fingerprint density at radius 1 is 0.933 bits per heavy atom. The summed E-state index contributed by atoms with van der Waals surface area (Å²) >= 11 is 0. The molecule has 0 amide bonds. The number of halogens is 1. The van der Waals surface area contributed by atoms with Crippen LogP contribution in [0, 0.1) is 5.82 Å². The van der Waals surface area contributed by atoms with Crippen molar-refractivity contribution in [1.29, 1.82) is 0 Å². The van der Waals surface area contributed by atoms with Crippen molar-refractivity contribution in [3.05, 3.63) is 105 Å². The molecule has 2 aliphatic heterocycles. The Labute approximate surface area is 170 Å². The second-order valence-corrected chi connectivity index (χ2v) is 7.39. The fourth-order valence-corrected chi connectivity index (χ4v) is 4.13. The van der Waals surface area contributed by atoms with Gasteiger partial charge in [-0.1, -0.05) is 60.7 Å². The Hall–Kier alpha value is -3.07. The van der Waals surface area contributed by atoms with Crippen molar-refractivity contribution in [2.24, 2.45) is 0 Å². The molecule has 0 aliphatic carbocycles. The van der Waals surface area contributed by atoms with Crippen LogP contribution in [0.15, 0.2) is 76.4 Å². The van der Waals surface area contributed by atoms with Gasteiger partial charge >= 0.3 is 5.69 Å². The van der Waals surface area contributed by atoms with Gasteiger partial charge in [0, 0.05) is 11.1 Å². The van der Waals surface area contributed by atoms with Gasteiger partial charge in [0.1, 0.15) is 12.2 Å². The third kappa shape index (κ3) is 2.84. The maximum Gasteiger partial charge on any atom is 0.330 e. The zero-order valence-corrected chi connectivity index (χ0v) is 16.0. The van der Waals surface area contributed by atoms with Crippen LogP contribution in [0.1, 0.15) is 24.3 Å². The van der Waals surface area contributed by atoms with E-state index in [0.29, 0.717) is 0 Å². The first-order valence-corrected chi connectivity index (χ1v) is 9.63. The zero-order valence-electron chi connectivity index (χ0n) is 16.0. The molecule has 0 saturated carbocycles. The number of nitrogens with one attached hydrogen (secondary N) is 1. The lowest BCUT2D eigenvalue weighted by molar-refractivity contribution is -0.199. The van der Waals surface area contributed by atoms with Gasteiger partial charge in [0.2, 0.25) is 11.6 Å². The van der Waals surface area contributed by atoms with E-state index in [9.17, 15) is 14.0 Å². The smallest absolute Gasteiger partial charge is 0.330 e. The molecule has 8 heteroatoms. The minimum Gasteiger partial charge on any atom is -0.349 e. The molecular weight excluding hydrogens is 391 g/mol. The molecule has 0 unspecified atom stereocenters. The molecule has 5 rings (SSSR count). The fraction of sp³-hybridized carbons (Fsp3) is 0.273. The first kappa shape index (κ1) is 18.9. The number of benzene rings is 2. The molecule has 0 spiro atoms. The number of fused-ring (bicyclic) bond motifs is 1. The SMILES string of the molecule is C[C@H]1O[C@@H](n2cc(F)c(=O)[nH]c2=O)[C@@H]2OC(c3ccccc3)(c3ccccc3)O[C@@H]21. The normalized spacial score (nSPS) is 27.1. The molecule has 1 aromatic heterocycles. The van der Waals surface area contributed by atoms with Crippen LogP contribution in [-0.4, -0.2) is 27.9 Å². The number of ether oxygens (including phenoxy) is 3. The Morgan fingerprint density at radius 3 is 2.10 bits per heavy atom. The number of aromatic amines is 1. The van der Waals surface area contributed by atoms with Crippen LogP contribution in [0.3, 0.4) is 0 Å². The van der Waals surface area contributed by atoms with E-state index >= 15 is 0 Å². The van der Waals surface area contributed by atoms with Gasteiger partial charge in [-0.3, -0.25) is 14.3 Å². The highest BCUT2D eigenvalue weighted by atomic mass is 19.1. The molecule has 7 nitrogen and oxygen atoms in total. The van der Waals surface area contributed by atoms with Gasteiger partial charge in [0.05, 0.1) is 12.3 Å². The van der Waals surface area contributed by atoms with Crippen LogP contribution in [0.2, 0.25) is 0 Å². The Morgan fingerprint density at radius 2 is 1.50 bits per heavy atom. The first-order chi connectivity index (χ1) is 14.5. The molecule has 0 radical (unpaired) electrons. The zero-order chi connectivity index (χ0) is 20.9. The third-order valence-electron chi connectivity index (χ3n) is 5.53. The van der Waals surface area contributed by atoms with Crippen LogP contribution in [0.4, 0.5) is 4.39 Å². The lowest BCUT2D eigenvalue weighted by Crippen LogP contribution is -2.39. The second-order valence-electron chi connectivity index (χ2n) is 7.39. The summed E-state index contributed by atoms with van der Waals surface area (Å²) in [5.41, 5.74) is -0.279. The molecule has 2 saturated heterocycles. The van der Waals surface area contributed by atoms with Crippen molar-refractivity contribution in [3.8, 4) is 0 Å². The van der Waals surface area contributed by atoms with E-state index in [1.54, 1.807) is 6.92 Å². The number of hydrogen-bond donors (Lipinski definition) is 1. The van der Waals surface area contributed by atoms with E-state index < -0.39 is 47.4 Å². The minimum atomic E-state index is -1.21. The van der Waals surface area contributed by atoms with Crippen molar-refractivity contribution in [3.63, 3.8) is 0 Å². The Balaban J connectivity index is 1.62. The lowest BCUT2D eigenvalue weighted by atomic mass is 9.97. The fourth-order valence-electron chi connectivity index (χ4n) is 4.13. The molecule has 2 aliphatic rings. The lowest BCUT2D eigenvalue weighted by Gasteiger charge is -2.31. The van der Waals surface area contributed by atoms with E-state index in [2.05, 4.69) is 0 Å². The van der Waals surface area contributed by atoms with Crippen molar-refractivity contribution in [2.75, 3.05) is 0 Å². The highest BCUT2D eigenvalue weighted by molar-refractivity contribution is 5.35. The summed E-state index contributed by atoms with van der Waals surface area (Å²) in [6, 6.07) is 19.0. The van der Waals surface area contributed by atoms with Crippen LogP contribution in [-0.2, 0) is 20.0 Å². The first-order valence-electron chi connectivity index (χ1n) is 9.63. The number of nitrogens with zero attached hydrogens (tertiary/aromatic N) is 1. The van der Waals surface area contributed by atoms with E-state index in [1.165, 1.54) is 0 Å². The number of rotatable bonds is 3. The molecule has 1 N–H and O–H groups in total. The highest BCUT2D eigenvalue weighted by Crippen LogP contribution is 2.50. The van der Waals surface area contributed by atoms with E-state index in [4.69, 9.17) is 14.2 Å². The van der Waals surface area contributed by atoms with Gasteiger partial charge in [0.25, 0.3) is 5.56 Å². The largest absolute Gasteiger partial charge is 0.349 e. The number of hydrogen-bond acceptors (Lipinski definition) is 5. The van der Waals surface area contributed by atoms with Gasteiger partial charge in [-0.05, 0) is 6.92 Å². The summed E-state index contributed by atoms with van der Waals surface area (Å²) in [6.07, 6.45) is -1.77. The van der Waals surface area contributed by atoms with Gasteiger partial charge in [-0.25, -0.2) is 4.79 Å². The Kier molecular flexibility index (Phi) is 4.43. The summed E-state index contributed by atoms with van der Waals surface area (Å²) in [6.45, 7) is 1.81. The van der Waals surface area contributed by atoms with Gasteiger partial charge < -0.3 is 14.2 Å². The molecule has 2 aromatic carbocycles. The standard InChI is InChI=1S/C22H19FN2O5/c1-13-17-18(20(28-13)25-12-16(23)19(26)24-21(25)27)30-22(29-17,14-8-4-2-5-9-14)15-10-6-3-7-11-15/h2-13,17-18,20H,1H3,(H,24,26,27)/t13-,17-,18-,20-/m1/s1. The average Bonchev–Trinajstić information content (AvgIpc) is 3.30. The topological polar surface area (TPSA) is 82.6 Å². The van der Waals surface area contributed by atoms with E-state index in [0.717, 1.165) is 21.9 Å². The van der Waals surface area contributed by atoms with Gasteiger partial charge in [0.15, 0.2) is 6.23 Å². The molecule has 2 fully saturated rings. The molecule has 3 aromatic rings. The van der Waals surface area contributed by atoms with Crippen molar-refractivity contribution in [2.45, 2.75) is 37.3 Å². The van der Waals surface area contributed by atoms with Crippen molar-refractivity contribution in [1.82, 2.24) is 9.55 Å². The van der Waals surface area contributed by atoms with Crippen LogP contribution >= 0.6 is 0 Å².